The molecular weight excluding hydrogens is 272 g/mol. The Hall–Kier alpha value is -1.51. The van der Waals surface area contributed by atoms with Crippen LogP contribution in [0.3, 0.4) is 0 Å². The molecule has 1 atom stereocenters. The van der Waals surface area contributed by atoms with Gasteiger partial charge in [-0.25, -0.2) is 22.9 Å². The van der Waals surface area contributed by atoms with Crippen LogP contribution in [0.5, 0.6) is 0 Å². The molecule has 0 bridgehead atoms. The number of carboxylic acid groups (broad SMARTS) is 1. The molecule has 7 nitrogen and oxygen atoms in total. The van der Waals surface area contributed by atoms with Gasteiger partial charge in [0.05, 0.1) is 12.2 Å². The molecule has 8 heteroatoms. The fourth-order valence-corrected chi connectivity index (χ4v) is 2.48. The Labute approximate surface area is 111 Å². The highest BCUT2D eigenvalue weighted by Crippen LogP contribution is 2.07. The lowest BCUT2D eigenvalue weighted by Gasteiger charge is -2.13. The topological polar surface area (TPSA) is 106 Å². The highest BCUT2D eigenvalue weighted by atomic mass is 32.2. The molecule has 0 amide bonds. The van der Waals surface area contributed by atoms with Gasteiger partial charge in [-0.3, -0.25) is 0 Å². The van der Waals surface area contributed by atoms with Crippen LogP contribution in [-0.2, 0) is 14.8 Å². The van der Waals surface area contributed by atoms with Crippen LogP contribution in [0.15, 0.2) is 23.4 Å². The van der Waals surface area contributed by atoms with Gasteiger partial charge < -0.3 is 9.84 Å². The summed E-state index contributed by atoms with van der Waals surface area (Å²) in [4.78, 5) is 14.3. The first-order chi connectivity index (χ1) is 8.86. The number of rotatable bonds is 7. The van der Waals surface area contributed by atoms with E-state index < -0.39 is 22.0 Å². The Morgan fingerprint density at radius 2 is 2.21 bits per heavy atom. The van der Waals surface area contributed by atoms with E-state index in [1.807, 2.05) is 6.92 Å². The number of hydrogen-bond acceptors (Lipinski definition) is 5. The van der Waals surface area contributed by atoms with Crippen molar-refractivity contribution in [1.29, 1.82) is 0 Å². The lowest BCUT2D eigenvalue weighted by Crippen LogP contribution is -2.36. The predicted molar refractivity (Wildman–Crippen MR) is 67.5 cm³/mol. The van der Waals surface area contributed by atoms with E-state index in [1.165, 1.54) is 6.07 Å². The molecule has 19 heavy (non-hydrogen) atoms. The third-order valence-electron chi connectivity index (χ3n) is 2.19. The number of ether oxygens (including phenoxy) is 1. The Morgan fingerprint density at radius 3 is 2.68 bits per heavy atom. The summed E-state index contributed by atoms with van der Waals surface area (Å²) in [6.45, 7) is 4.23. The standard InChI is InChI=1S/C11H16N2O5S/c1-3-18-7-8(2)13-19(16,17)10-5-4-9(6-12-10)11(14)15/h4-6,8,13H,3,7H2,1-2H3,(H,14,15). The molecule has 0 aliphatic carbocycles. The van der Waals surface area contributed by atoms with Crippen molar-refractivity contribution in [3.63, 3.8) is 0 Å². The second-order valence-electron chi connectivity index (χ2n) is 3.87. The van der Waals surface area contributed by atoms with Crippen LogP contribution in [0.25, 0.3) is 0 Å². The number of pyridine rings is 1. The molecule has 0 saturated carbocycles. The fraction of sp³-hybridized carbons (Fsp3) is 0.455. The van der Waals surface area contributed by atoms with Gasteiger partial charge in [0.1, 0.15) is 0 Å². The number of nitrogens with one attached hydrogen (secondary N) is 1. The van der Waals surface area contributed by atoms with Gasteiger partial charge in [-0.2, -0.15) is 0 Å². The van der Waals surface area contributed by atoms with Crippen LogP contribution in [0, 0.1) is 0 Å². The van der Waals surface area contributed by atoms with E-state index in [0.717, 1.165) is 12.3 Å². The summed E-state index contributed by atoms with van der Waals surface area (Å²) in [5.74, 6) is -1.16. The van der Waals surface area contributed by atoms with Crippen LogP contribution in [0.2, 0.25) is 0 Å². The first kappa shape index (κ1) is 15.5. The third kappa shape index (κ3) is 4.58. The van der Waals surface area contributed by atoms with E-state index in [2.05, 4.69) is 9.71 Å². The average molecular weight is 288 g/mol. The molecule has 0 saturated heterocycles. The molecule has 1 heterocycles. The SMILES string of the molecule is CCOCC(C)NS(=O)(=O)c1ccc(C(=O)O)cn1. The lowest BCUT2D eigenvalue weighted by atomic mass is 10.3. The zero-order valence-electron chi connectivity index (χ0n) is 10.7. The van der Waals surface area contributed by atoms with E-state index in [4.69, 9.17) is 9.84 Å². The minimum absolute atomic E-state index is 0.0682. The minimum atomic E-state index is -3.77. The molecular formula is C11H16N2O5S. The third-order valence-corrected chi connectivity index (χ3v) is 3.69. The predicted octanol–water partition coefficient (Wildman–Crippen LogP) is 0.483. The Kier molecular flexibility index (Phi) is 5.40. The van der Waals surface area contributed by atoms with Gasteiger partial charge in [-0.15, -0.1) is 0 Å². The molecule has 0 fully saturated rings. The van der Waals surface area contributed by atoms with E-state index in [1.54, 1.807) is 6.92 Å². The van der Waals surface area contributed by atoms with Gasteiger partial charge >= 0.3 is 5.97 Å². The minimum Gasteiger partial charge on any atom is -0.478 e. The first-order valence-corrected chi connectivity index (χ1v) is 7.14. The molecule has 0 aromatic carbocycles. The molecule has 0 spiro atoms. The van der Waals surface area contributed by atoms with E-state index >= 15 is 0 Å². The summed E-state index contributed by atoms with van der Waals surface area (Å²) in [7, 11) is -3.77. The molecule has 0 aliphatic heterocycles. The van der Waals surface area contributed by atoms with Crippen molar-refractivity contribution in [2.75, 3.05) is 13.2 Å². The van der Waals surface area contributed by atoms with Gasteiger partial charge in [-0.05, 0) is 26.0 Å². The number of aromatic nitrogens is 1. The van der Waals surface area contributed by atoms with Crippen molar-refractivity contribution in [1.82, 2.24) is 9.71 Å². The summed E-state index contributed by atoms with van der Waals surface area (Å²) in [6.07, 6.45) is 1.00. The zero-order chi connectivity index (χ0) is 14.5. The Bertz CT molecular complexity index is 527. The smallest absolute Gasteiger partial charge is 0.337 e. The molecule has 2 N–H and O–H groups in total. The normalized spacial score (nSPS) is 13.2. The maximum absolute atomic E-state index is 11.9. The molecule has 1 unspecified atom stereocenters. The summed E-state index contributed by atoms with van der Waals surface area (Å²) in [5.41, 5.74) is -0.0682. The molecule has 1 aromatic rings. The highest BCUT2D eigenvalue weighted by Gasteiger charge is 2.19. The van der Waals surface area contributed by atoms with Crippen LogP contribution >= 0.6 is 0 Å². The molecule has 0 radical (unpaired) electrons. The second kappa shape index (κ2) is 6.60. The maximum atomic E-state index is 11.9. The van der Waals surface area contributed by atoms with E-state index in [9.17, 15) is 13.2 Å². The van der Waals surface area contributed by atoms with Crippen molar-refractivity contribution in [3.8, 4) is 0 Å². The average Bonchev–Trinajstić information content (AvgIpc) is 2.36. The number of sulfonamides is 1. The number of hydrogen-bond donors (Lipinski definition) is 2. The quantitative estimate of drug-likeness (QED) is 0.756. The van der Waals surface area contributed by atoms with E-state index in [-0.39, 0.29) is 17.2 Å². The Balaban J connectivity index is 2.79. The van der Waals surface area contributed by atoms with Gasteiger partial charge in [-0.1, -0.05) is 0 Å². The number of carbonyl (C=O) groups is 1. The summed E-state index contributed by atoms with van der Waals surface area (Å²) in [6, 6.07) is 1.95. The van der Waals surface area contributed by atoms with Crippen LogP contribution in [-0.4, -0.2) is 43.7 Å². The largest absolute Gasteiger partial charge is 0.478 e. The van der Waals surface area contributed by atoms with Gasteiger partial charge in [0, 0.05) is 18.8 Å². The lowest BCUT2D eigenvalue weighted by molar-refractivity contribution is 0.0696. The van der Waals surface area contributed by atoms with Crippen molar-refractivity contribution < 1.29 is 23.1 Å². The molecule has 1 rings (SSSR count). The first-order valence-electron chi connectivity index (χ1n) is 5.66. The molecule has 1 aromatic heterocycles. The number of aromatic carboxylic acids is 1. The van der Waals surface area contributed by atoms with Crippen molar-refractivity contribution in [2.24, 2.45) is 0 Å². The van der Waals surface area contributed by atoms with E-state index in [0.29, 0.717) is 6.61 Å². The van der Waals surface area contributed by atoms with Gasteiger partial charge in [0.15, 0.2) is 5.03 Å². The zero-order valence-corrected chi connectivity index (χ0v) is 11.5. The van der Waals surface area contributed by atoms with Crippen molar-refractivity contribution in [2.45, 2.75) is 24.9 Å². The summed E-state index contributed by atoms with van der Waals surface area (Å²) >= 11 is 0. The van der Waals surface area contributed by atoms with Crippen LogP contribution in [0.1, 0.15) is 24.2 Å². The molecule has 0 aliphatic rings. The Morgan fingerprint density at radius 1 is 1.53 bits per heavy atom. The maximum Gasteiger partial charge on any atom is 0.337 e. The van der Waals surface area contributed by atoms with Gasteiger partial charge in [0.2, 0.25) is 0 Å². The van der Waals surface area contributed by atoms with Crippen molar-refractivity contribution >= 4 is 16.0 Å². The summed E-state index contributed by atoms with van der Waals surface area (Å²) in [5, 5.41) is 8.48. The number of carboxylic acids is 1. The van der Waals surface area contributed by atoms with Gasteiger partial charge in [0.25, 0.3) is 10.0 Å². The molecule has 106 valence electrons. The monoisotopic (exact) mass is 288 g/mol. The van der Waals surface area contributed by atoms with Crippen molar-refractivity contribution in [3.05, 3.63) is 23.9 Å². The highest BCUT2D eigenvalue weighted by molar-refractivity contribution is 7.89. The fourth-order valence-electron chi connectivity index (χ4n) is 1.32. The second-order valence-corrected chi connectivity index (χ2v) is 5.53. The van der Waals surface area contributed by atoms with Crippen LogP contribution in [0.4, 0.5) is 0 Å². The number of nitrogens with zero attached hydrogens (tertiary/aromatic N) is 1. The summed E-state index contributed by atoms with van der Waals surface area (Å²) < 4.78 is 31.3. The van der Waals surface area contributed by atoms with Crippen LogP contribution < -0.4 is 4.72 Å².